The minimum Gasteiger partial charge on any atom is -0.366 e. The number of aliphatic imine (C=N–C) groups is 1. The highest BCUT2D eigenvalue weighted by molar-refractivity contribution is 7.09. The molecular weight excluding hydrogens is 394 g/mol. The summed E-state index contributed by atoms with van der Waals surface area (Å²) in [5.41, 5.74) is 1.81. The number of aromatic nitrogens is 2. The third-order valence-electron chi connectivity index (χ3n) is 3.98. The largest absolute Gasteiger partial charge is 0.366 e. The second-order valence-corrected chi connectivity index (χ2v) is 7.57. The number of H-pyrrole nitrogens is 1. The molecule has 0 bridgehead atoms. The van der Waals surface area contributed by atoms with Crippen molar-refractivity contribution >= 4 is 57.0 Å². The molecule has 4 rings (SSSR count). The minimum absolute atomic E-state index is 0.299. The highest BCUT2D eigenvalue weighted by Gasteiger charge is 2.13. The van der Waals surface area contributed by atoms with Crippen molar-refractivity contribution in [1.29, 1.82) is 0 Å². The Morgan fingerprint density at radius 3 is 2.68 bits per heavy atom. The van der Waals surface area contributed by atoms with E-state index in [1.165, 1.54) is 11.3 Å². The number of aryl methyl sites for hydroxylation is 1. The zero-order valence-electron chi connectivity index (χ0n) is 14.9. The summed E-state index contributed by atoms with van der Waals surface area (Å²) in [4.78, 5) is 24.4. The Balaban J connectivity index is 1.63. The maximum absolute atomic E-state index is 12.6. The van der Waals surface area contributed by atoms with Crippen molar-refractivity contribution < 1.29 is 4.79 Å². The number of benzene rings is 2. The van der Waals surface area contributed by atoms with Gasteiger partial charge >= 0.3 is 0 Å². The molecule has 0 aliphatic rings. The second-order valence-electron chi connectivity index (χ2n) is 6.07. The van der Waals surface area contributed by atoms with Gasteiger partial charge in [0.05, 0.1) is 10.7 Å². The third kappa shape index (κ3) is 4.21. The van der Waals surface area contributed by atoms with Gasteiger partial charge in [-0.05, 0) is 48.7 Å². The quantitative estimate of drug-likeness (QED) is 0.324. The third-order valence-corrected chi connectivity index (χ3v) is 5.00. The summed E-state index contributed by atoms with van der Waals surface area (Å²) in [6.07, 6.45) is 3.83. The Bertz CT molecular complexity index is 1160. The average Bonchev–Trinajstić information content (AvgIpc) is 3.32. The average molecular weight is 410 g/mol. The molecule has 0 atom stereocenters. The van der Waals surface area contributed by atoms with Crippen LogP contribution in [0.15, 0.2) is 65.2 Å². The van der Waals surface area contributed by atoms with Gasteiger partial charge in [-0.2, -0.15) is 0 Å². The summed E-state index contributed by atoms with van der Waals surface area (Å²) in [5.74, 6) is -0.0276. The van der Waals surface area contributed by atoms with Gasteiger partial charge in [0.1, 0.15) is 5.69 Å². The molecule has 0 aliphatic heterocycles. The van der Waals surface area contributed by atoms with E-state index < -0.39 is 0 Å². The lowest BCUT2D eigenvalue weighted by molar-refractivity contribution is 0.0972. The van der Waals surface area contributed by atoms with Crippen LogP contribution in [0, 0.1) is 6.92 Å². The molecule has 2 heterocycles. The number of guanidine groups is 1. The van der Waals surface area contributed by atoms with E-state index in [-0.39, 0.29) is 5.91 Å². The predicted molar refractivity (Wildman–Crippen MR) is 115 cm³/mol. The number of amides is 1. The van der Waals surface area contributed by atoms with E-state index in [4.69, 9.17) is 11.6 Å². The number of halogens is 1. The summed E-state index contributed by atoms with van der Waals surface area (Å²) >= 11 is 7.37. The molecular formula is C20H16ClN5OS. The van der Waals surface area contributed by atoms with E-state index >= 15 is 0 Å². The first-order chi connectivity index (χ1) is 13.6. The number of fused-ring (bicyclic) bond motifs is 1. The van der Waals surface area contributed by atoms with Gasteiger partial charge in [-0.15, -0.1) is 11.3 Å². The molecule has 0 saturated heterocycles. The summed E-state index contributed by atoms with van der Waals surface area (Å²) in [6, 6.07) is 12.9. The van der Waals surface area contributed by atoms with Crippen molar-refractivity contribution in [2.75, 3.05) is 5.32 Å². The zero-order chi connectivity index (χ0) is 19.5. The first kappa shape index (κ1) is 18.2. The van der Waals surface area contributed by atoms with Crippen molar-refractivity contribution in [2.24, 2.45) is 4.99 Å². The molecule has 2 aromatic heterocycles. The van der Waals surface area contributed by atoms with E-state index in [0.717, 1.165) is 21.5 Å². The highest BCUT2D eigenvalue weighted by Crippen LogP contribution is 2.20. The van der Waals surface area contributed by atoms with Crippen molar-refractivity contribution in [3.63, 3.8) is 0 Å². The predicted octanol–water partition coefficient (Wildman–Crippen LogP) is 5.12. The smallest absolute Gasteiger partial charge is 0.277 e. The van der Waals surface area contributed by atoms with E-state index in [1.807, 2.05) is 37.5 Å². The van der Waals surface area contributed by atoms with Gasteiger partial charge < -0.3 is 10.3 Å². The number of carbonyl (C=O) groups excluding carboxylic acids is 1. The molecule has 4 aromatic rings. The van der Waals surface area contributed by atoms with Crippen molar-refractivity contribution in [2.45, 2.75) is 6.92 Å². The first-order valence-electron chi connectivity index (χ1n) is 8.48. The van der Waals surface area contributed by atoms with Gasteiger partial charge in [-0.1, -0.05) is 17.7 Å². The topological polar surface area (TPSA) is 82.2 Å². The SMILES string of the molecule is Cc1nc(C(=O)NC(=Nc2ccc(Cl)cc2)Nc2ccc3c[nH]cc3c2)cs1. The number of aromatic amines is 1. The van der Waals surface area contributed by atoms with Crippen LogP contribution < -0.4 is 10.6 Å². The Morgan fingerprint density at radius 2 is 1.93 bits per heavy atom. The number of anilines is 1. The molecule has 0 saturated carbocycles. The molecule has 0 spiro atoms. The molecule has 8 heteroatoms. The summed E-state index contributed by atoms with van der Waals surface area (Å²) < 4.78 is 0. The lowest BCUT2D eigenvalue weighted by atomic mass is 10.2. The summed E-state index contributed by atoms with van der Waals surface area (Å²) in [5, 5.41) is 11.3. The molecule has 2 aromatic carbocycles. The number of rotatable bonds is 3. The van der Waals surface area contributed by atoms with Crippen LogP contribution in [0.3, 0.4) is 0 Å². The van der Waals surface area contributed by atoms with E-state index in [9.17, 15) is 4.79 Å². The number of nitrogens with one attached hydrogen (secondary N) is 3. The number of hydrogen-bond donors (Lipinski definition) is 3. The maximum Gasteiger partial charge on any atom is 0.277 e. The van der Waals surface area contributed by atoms with Crippen LogP contribution in [0.25, 0.3) is 10.8 Å². The Kier molecular flexibility index (Phi) is 5.10. The van der Waals surface area contributed by atoms with Crippen molar-refractivity contribution in [1.82, 2.24) is 15.3 Å². The molecule has 140 valence electrons. The minimum atomic E-state index is -0.327. The van der Waals surface area contributed by atoms with Gasteiger partial charge in [0.2, 0.25) is 5.96 Å². The second kappa shape index (κ2) is 7.84. The number of hydrogen-bond acceptors (Lipinski definition) is 4. The molecule has 3 N–H and O–H groups in total. The van der Waals surface area contributed by atoms with Crippen molar-refractivity contribution in [3.05, 3.63) is 76.0 Å². The molecule has 0 radical (unpaired) electrons. The van der Waals surface area contributed by atoms with Crippen LogP contribution in [0.1, 0.15) is 15.5 Å². The molecule has 0 unspecified atom stereocenters. The standard InChI is InChI=1S/C20H16ClN5OS/c1-12-23-18(11-28-12)19(27)26-20(24-16-6-3-15(21)4-7-16)25-17-5-2-13-9-22-10-14(13)8-17/h2-11,22H,1H3,(H2,24,25,26,27). The Hall–Kier alpha value is -3.16. The number of thiazole rings is 1. The fourth-order valence-corrected chi connectivity index (χ4v) is 3.36. The van der Waals surface area contributed by atoms with Crippen molar-refractivity contribution in [3.8, 4) is 0 Å². The van der Waals surface area contributed by atoms with Gasteiger partial charge in [-0.25, -0.2) is 9.98 Å². The van der Waals surface area contributed by atoms with E-state index in [2.05, 4.69) is 25.6 Å². The zero-order valence-corrected chi connectivity index (χ0v) is 16.4. The Morgan fingerprint density at radius 1 is 1.14 bits per heavy atom. The van der Waals surface area contributed by atoms with Gasteiger partial charge in [0.25, 0.3) is 5.91 Å². The first-order valence-corrected chi connectivity index (χ1v) is 9.74. The molecule has 6 nitrogen and oxygen atoms in total. The highest BCUT2D eigenvalue weighted by atomic mass is 35.5. The van der Waals surface area contributed by atoms with Crippen LogP contribution >= 0.6 is 22.9 Å². The maximum atomic E-state index is 12.6. The normalized spacial score (nSPS) is 11.6. The summed E-state index contributed by atoms with van der Waals surface area (Å²) in [6.45, 7) is 1.86. The number of nitrogens with zero attached hydrogens (tertiary/aromatic N) is 2. The van der Waals surface area contributed by atoms with E-state index in [1.54, 1.807) is 29.6 Å². The fourth-order valence-electron chi connectivity index (χ4n) is 2.64. The molecule has 0 fully saturated rings. The van der Waals surface area contributed by atoms with Crippen LogP contribution in [0.5, 0.6) is 0 Å². The monoisotopic (exact) mass is 409 g/mol. The van der Waals surface area contributed by atoms with Crippen LogP contribution in [0.4, 0.5) is 11.4 Å². The Labute approximate surface area is 170 Å². The van der Waals surface area contributed by atoms with Crippen LogP contribution in [-0.4, -0.2) is 21.8 Å². The van der Waals surface area contributed by atoms with E-state index in [0.29, 0.717) is 22.4 Å². The van der Waals surface area contributed by atoms with Gasteiger partial charge in [0, 0.05) is 33.9 Å². The lowest BCUT2D eigenvalue weighted by Crippen LogP contribution is -2.36. The number of carbonyl (C=O) groups is 1. The molecule has 0 aliphatic carbocycles. The molecule has 1 amide bonds. The van der Waals surface area contributed by atoms with Gasteiger partial charge in [0.15, 0.2) is 0 Å². The van der Waals surface area contributed by atoms with Crippen LogP contribution in [-0.2, 0) is 0 Å². The van der Waals surface area contributed by atoms with Gasteiger partial charge in [-0.3, -0.25) is 10.1 Å². The summed E-state index contributed by atoms with van der Waals surface area (Å²) in [7, 11) is 0. The lowest BCUT2D eigenvalue weighted by Gasteiger charge is -2.11. The van der Waals surface area contributed by atoms with Crippen LogP contribution in [0.2, 0.25) is 5.02 Å². The fraction of sp³-hybridized carbons (Fsp3) is 0.0500. The molecule has 28 heavy (non-hydrogen) atoms.